The summed E-state index contributed by atoms with van der Waals surface area (Å²) >= 11 is 5.20. The van der Waals surface area contributed by atoms with Crippen molar-refractivity contribution in [2.45, 2.75) is 12.8 Å². The average Bonchev–Trinajstić information content (AvgIpc) is 1.61. The van der Waals surface area contributed by atoms with Gasteiger partial charge in [-0.1, -0.05) is 0 Å². The van der Waals surface area contributed by atoms with E-state index in [0.717, 1.165) is 6.42 Å². The first-order valence-electron chi connectivity index (χ1n) is 1.82. The van der Waals surface area contributed by atoms with Crippen LogP contribution in [0.25, 0.3) is 0 Å². The number of alkyl halides is 1. The molecule has 0 saturated carbocycles. The fourth-order valence-electron chi connectivity index (χ4n) is 0.139. The van der Waals surface area contributed by atoms with Crippen LogP contribution < -0.4 is 12.4 Å². The Bertz CT molecular complexity index is 43.0. The van der Waals surface area contributed by atoms with Gasteiger partial charge in [-0.2, -0.15) is 0 Å². The van der Waals surface area contributed by atoms with Crippen molar-refractivity contribution in [1.82, 2.24) is 0 Å². The van der Waals surface area contributed by atoms with Gasteiger partial charge in [0.15, 0.2) is 6.29 Å². The minimum Gasteiger partial charge on any atom is -1.00 e. The molecule has 0 bridgehead atoms. The summed E-state index contributed by atoms with van der Waals surface area (Å²) in [6, 6.07) is 0. The summed E-state index contributed by atoms with van der Waals surface area (Å²) in [5.41, 5.74) is 0. The predicted octanol–water partition coefficient (Wildman–Crippen LogP) is -1.88. The van der Waals surface area contributed by atoms with Crippen LogP contribution >= 0.6 is 11.6 Å². The van der Waals surface area contributed by atoms with E-state index in [2.05, 4.69) is 0 Å². The molecular weight excluding hydrogens is 200 g/mol. The van der Waals surface area contributed by atoms with E-state index in [4.69, 9.17) is 11.6 Å². The number of halogens is 2. The molecule has 0 amide bonds. The maximum atomic E-state index is 9.38. The van der Waals surface area contributed by atoms with Crippen LogP contribution in [0.2, 0.25) is 0 Å². The summed E-state index contributed by atoms with van der Waals surface area (Å²) in [4.78, 5) is 9.38. The summed E-state index contributed by atoms with van der Waals surface area (Å²) in [5.74, 6) is 0.565. The molecule has 0 aromatic rings. The van der Waals surface area contributed by atoms with E-state index in [0.29, 0.717) is 12.3 Å². The molecule has 0 spiro atoms. The van der Waals surface area contributed by atoms with Crippen molar-refractivity contribution in [3.63, 3.8) is 0 Å². The molecule has 0 unspecified atom stereocenters. The molecule has 0 fully saturated rings. The molecule has 0 aliphatic rings. The molecule has 0 rings (SSSR count). The average molecular weight is 206 g/mol. The second-order valence-corrected chi connectivity index (χ2v) is 1.31. The molecule has 0 aliphatic carbocycles. The molecule has 0 aliphatic heterocycles. The van der Waals surface area contributed by atoms with Crippen molar-refractivity contribution in [2.75, 3.05) is 5.88 Å². The van der Waals surface area contributed by atoms with Crippen molar-refractivity contribution in [1.29, 1.82) is 0 Å². The van der Waals surface area contributed by atoms with Crippen LogP contribution in [0.15, 0.2) is 0 Å². The van der Waals surface area contributed by atoms with E-state index >= 15 is 0 Å². The van der Waals surface area contributed by atoms with Gasteiger partial charge in [0.25, 0.3) is 0 Å². The van der Waals surface area contributed by atoms with Crippen LogP contribution in [0.4, 0.5) is 0 Å². The van der Waals surface area contributed by atoms with E-state index in [-0.39, 0.29) is 31.9 Å². The van der Waals surface area contributed by atoms with Gasteiger partial charge in [-0.05, 0) is 6.42 Å². The molecular formula is C4H6Cl2OZn-. The van der Waals surface area contributed by atoms with Crippen LogP contribution in [0, 0.1) is 0 Å². The molecule has 45 valence electrons. The topological polar surface area (TPSA) is 17.1 Å². The Hall–Kier alpha value is 0.873. The Labute approximate surface area is 73.3 Å². The van der Waals surface area contributed by atoms with Crippen LogP contribution in [-0.2, 0) is 24.3 Å². The molecule has 8 heavy (non-hydrogen) atoms. The van der Waals surface area contributed by atoms with E-state index in [1.165, 1.54) is 0 Å². The molecule has 0 N–H and O–H groups in total. The van der Waals surface area contributed by atoms with Crippen LogP contribution in [0.1, 0.15) is 12.8 Å². The van der Waals surface area contributed by atoms with E-state index < -0.39 is 0 Å². The first-order chi connectivity index (χ1) is 2.91. The third-order valence-corrected chi connectivity index (χ3v) is 0.680. The van der Waals surface area contributed by atoms with Crippen molar-refractivity contribution in [2.24, 2.45) is 0 Å². The van der Waals surface area contributed by atoms with Crippen molar-refractivity contribution in [3.8, 4) is 0 Å². The van der Waals surface area contributed by atoms with Gasteiger partial charge in [0.05, 0.1) is 0 Å². The predicted molar refractivity (Wildman–Crippen MR) is 25.6 cm³/mol. The third-order valence-electron chi connectivity index (χ3n) is 0.412. The monoisotopic (exact) mass is 204 g/mol. The van der Waals surface area contributed by atoms with Crippen molar-refractivity contribution in [3.05, 3.63) is 0 Å². The zero-order valence-electron chi connectivity index (χ0n) is 4.49. The second kappa shape index (κ2) is 15.7. The van der Waals surface area contributed by atoms with Gasteiger partial charge < -0.3 is 12.4 Å². The maximum Gasteiger partial charge on any atom is 0.198 e. The summed E-state index contributed by atoms with van der Waals surface area (Å²) in [6.45, 7) is 0. The van der Waals surface area contributed by atoms with Gasteiger partial charge in [-0.25, -0.2) is 0 Å². The standard InChI is InChI=1S/C4H6ClO.ClH.Zn/c5-3-1-2-4-6;;/h1-3H2;1H;/p-1. The maximum absolute atomic E-state index is 9.38. The number of rotatable bonds is 3. The number of hydrogen-bond donors (Lipinski definition) is 0. The second-order valence-electron chi connectivity index (χ2n) is 0.937. The van der Waals surface area contributed by atoms with Gasteiger partial charge in [0.1, 0.15) is 0 Å². The minimum absolute atomic E-state index is 0. The zero-order chi connectivity index (χ0) is 4.83. The Morgan fingerprint density at radius 1 is 1.50 bits per heavy atom. The number of carbonyl (C=O) groups excluding carboxylic acids is 1. The summed E-state index contributed by atoms with van der Waals surface area (Å²) in [7, 11) is 0. The Balaban J connectivity index is -0.000000125. The zero-order valence-corrected chi connectivity index (χ0v) is 8.97. The SMILES string of the molecule is O=[C]CCCCl.[Cl-].[Zn]. The normalized spacial score (nSPS) is 6.12. The fourth-order valence-corrected chi connectivity index (χ4v) is 0.273. The van der Waals surface area contributed by atoms with Gasteiger partial charge in [0.2, 0.25) is 0 Å². The molecule has 1 nitrogen and oxygen atoms in total. The molecule has 4 heteroatoms. The van der Waals surface area contributed by atoms with Gasteiger partial charge in [0, 0.05) is 31.8 Å². The largest absolute Gasteiger partial charge is 1.00 e. The Morgan fingerprint density at radius 3 is 2.12 bits per heavy atom. The Morgan fingerprint density at radius 2 is 2.00 bits per heavy atom. The minimum atomic E-state index is 0. The van der Waals surface area contributed by atoms with Crippen molar-refractivity contribution >= 4 is 17.9 Å². The molecule has 1 radical (unpaired) electrons. The van der Waals surface area contributed by atoms with Crippen LogP contribution in [0.5, 0.6) is 0 Å². The van der Waals surface area contributed by atoms with Crippen molar-refractivity contribution < 1.29 is 36.7 Å². The third kappa shape index (κ3) is 15.8. The van der Waals surface area contributed by atoms with Gasteiger partial charge in [-0.15, -0.1) is 11.6 Å². The smallest absolute Gasteiger partial charge is 0.198 e. The molecule has 0 heterocycles. The van der Waals surface area contributed by atoms with Crippen LogP contribution in [-0.4, -0.2) is 12.2 Å². The number of unbranched alkanes of at least 4 members (excludes halogenated alkanes) is 1. The van der Waals surface area contributed by atoms with Gasteiger partial charge >= 0.3 is 0 Å². The first kappa shape index (κ1) is 15.9. The molecule has 0 atom stereocenters. The summed E-state index contributed by atoms with van der Waals surface area (Å²) < 4.78 is 0. The quantitative estimate of drug-likeness (QED) is 0.300. The fraction of sp³-hybridized carbons (Fsp3) is 0.750. The van der Waals surface area contributed by atoms with Crippen LogP contribution in [0.3, 0.4) is 0 Å². The number of hydrogen-bond acceptors (Lipinski definition) is 1. The molecule has 0 saturated heterocycles. The molecule has 0 aromatic carbocycles. The van der Waals surface area contributed by atoms with Gasteiger partial charge in [-0.3, -0.25) is 4.79 Å². The molecule has 0 aromatic heterocycles. The summed E-state index contributed by atoms with van der Waals surface area (Å²) in [5, 5.41) is 0. The first-order valence-corrected chi connectivity index (χ1v) is 2.36. The summed E-state index contributed by atoms with van der Waals surface area (Å²) in [6.07, 6.45) is 2.96. The van der Waals surface area contributed by atoms with E-state index in [1.807, 2.05) is 0 Å². The van der Waals surface area contributed by atoms with E-state index in [1.54, 1.807) is 6.29 Å². The Kier molecular flexibility index (Phi) is 31.2. The van der Waals surface area contributed by atoms with E-state index in [9.17, 15) is 4.79 Å².